The van der Waals surface area contributed by atoms with E-state index in [-0.39, 0.29) is 0 Å². The lowest BCUT2D eigenvalue weighted by atomic mass is 10.2. The number of nitrogens with two attached hydrogens (primary N) is 1. The van der Waals surface area contributed by atoms with Crippen LogP contribution in [0.1, 0.15) is 11.3 Å². The lowest BCUT2D eigenvalue weighted by Gasteiger charge is -2.06. The van der Waals surface area contributed by atoms with E-state index in [0.717, 1.165) is 17.2 Å². The van der Waals surface area contributed by atoms with Crippen molar-refractivity contribution < 1.29 is 4.74 Å². The van der Waals surface area contributed by atoms with Crippen LogP contribution in [0.15, 0.2) is 30.5 Å². The quantitative estimate of drug-likeness (QED) is 0.878. The van der Waals surface area contributed by atoms with Gasteiger partial charge in [-0.15, -0.1) is 0 Å². The first-order chi connectivity index (χ1) is 8.20. The highest BCUT2D eigenvalue weighted by molar-refractivity contribution is 5.33. The van der Waals surface area contributed by atoms with Gasteiger partial charge < -0.3 is 10.5 Å². The summed E-state index contributed by atoms with van der Waals surface area (Å²) in [6, 6.07) is 7.95. The number of rotatable bonds is 4. The van der Waals surface area contributed by atoms with E-state index >= 15 is 0 Å². The van der Waals surface area contributed by atoms with E-state index in [1.165, 1.54) is 5.56 Å². The van der Waals surface area contributed by atoms with Crippen molar-refractivity contribution in [3.8, 4) is 11.5 Å². The maximum absolute atomic E-state index is 5.77. The fourth-order valence-corrected chi connectivity index (χ4v) is 1.61. The molecule has 0 saturated heterocycles. The van der Waals surface area contributed by atoms with Gasteiger partial charge in [0.15, 0.2) is 5.75 Å². The molecule has 1 heterocycles. The zero-order valence-electron chi connectivity index (χ0n) is 10.2. The summed E-state index contributed by atoms with van der Waals surface area (Å²) in [5.74, 6) is 1.60. The Morgan fingerprint density at radius 3 is 2.59 bits per heavy atom. The van der Waals surface area contributed by atoms with Crippen molar-refractivity contribution in [2.45, 2.75) is 20.4 Å². The van der Waals surface area contributed by atoms with Gasteiger partial charge in [0.1, 0.15) is 5.75 Å². The fraction of sp³-hybridized carbons (Fsp3) is 0.308. The van der Waals surface area contributed by atoms with Crippen molar-refractivity contribution in [1.29, 1.82) is 0 Å². The highest BCUT2D eigenvalue weighted by Crippen LogP contribution is 2.24. The van der Waals surface area contributed by atoms with Crippen molar-refractivity contribution in [3.05, 3.63) is 41.7 Å². The van der Waals surface area contributed by atoms with Crippen LogP contribution < -0.4 is 10.5 Å². The summed E-state index contributed by atoms with van der Waals surface area (Å²) in [5.41, 5.74) is 7.72. The molecule has 1 aromatic carbocycles. The van der Waals surface area contributed by atoms with Crippen LogP contribution in [-0.2, 0) is 6.54 Å². The Morgan fingerprint density at radius 2 is 1.94 bits per heavy atom. The topological polar surface area (TPSA) is 53.1 Å². The first-order valence-corrected chi connectivity index (χ1v) is 5.67. The third-order valence-corrected chi connectivity index (χ3v) is 2.65. The number of hydrogen-bond donors (Lipinski definition) is 1. The van der Waals surface area contributed by atoms with Crippen LogP contribution in [0.5, 0.6) is 11.5 Å². The summed E-state index contributed by atoms with van der Waals surface area (Å²) >= 11 is 0. The zero-order chi connectivity index (χ0) is 12.3. The Labute approximate surface area is 101 Å². The molecule has 0 aliphatic heterocycles. The molecule has 0 atom stereocenters. The predicted molar refractivity (Wildman–Crippen MR) is 67.3 cm³/mol. The van der Waals surface area contributed by atoms with Crippen LogP contribution in [-0.4, -0.2) is 16.3 Å². The second-order valence-electron chi connectivity index (χ2n) is 4.02. The van der Waals surface area contributed by atoms with Gasteiger partial charge in [-0.2, -0.15) is 5.10 Å². The minimum Gasteiger partial charge on any atom is -0.454 e. The average Bonchev–Trinajstić information content (AvgIpc) is 2.65. The van der Waals surface area contributed by atoms with Crippen LogP contribution in [0.2, 0.25) is 0 Å². The number of benzene rings is 1. The molecule has 0 saturated carbocycles. The molecule has 0 unspecified atom stereocenters. The van der Waals surface area contributed by atoms with Gasteiger partial charge in [-0.05, 0) is 26.0 Å². The predicted octanol–water partition coefficient (Wildman–Crippen LogP) is 2.25. The Bertz CT molecular complexity index is 488. The molecular formula is C13H17N3O. The molecule has 0 bridgehead atoms. The van der Waals surface area contributed by atoms with Crippen LogP contribution in [0.25, 0.3) is 0 Å². The molecule has 17 heavy (non-hydrogen) atoms. The summed E-state index contributed by atoms with van der Waals surface area (Å²) in [4.78, 5) is 0. The third-order valence-electron chi connectivity index (χ3n) is 2.65. The summed E-state index contributed by atoms with van der Waals surface area (Å²) in [7, 11) is 0. The van der Waals surface area contributed by atoms with E-state index in [9.17, 15) is 0 Å². The number of nitrogens with zero attached hydrogens (tertiary/aromatic N) is 2. The molecule has 2 rings (SSSR count). The normalized spacial score (nSPS) is 10.5. The number of hydrogen-bond acceptors (Lipinski definition) is 3. The van der Waals surface area contributed by atoms with E-state index in [1.807, 2.05) is 42.8 Å². The Morgan fingerprint density at radius 1 is 1.24 bits per heavy atom. The molecule has 0 fully saturated rings. The largest absolute Gasteiger partial charge is 0.454 e. The molecule has 2 N–H and O–H groups in total. The van der Waals surface area contributed by atoms with Gasteiger partial charge in [0.05, 0.1) is 18.4 Å². The maximum Gasteiger partial charge on any atom is 0.168 e. The van der Waals surface area contributed by atoms with Gasteiger partial charge in [-0.1, -0.05) is 17.7 Å². The summed E-state index contributed by atoms with van der Waals surface area (Å²) in [6.45, 7) is 5.32. The van der Waals surface area contributed by atoms with E-state index in [4.69, 9.17) is 10.5 Å². The highest BCUT2D eigenvalue weighted by Gasteiger charge is 2.07. The van der Waals surface area contributed by atoms with Crippen molar-refractivity contribution in [1.82, 2.24) is 9.78 Å². The van der Waals surface area contributed by atoms with E-state index < -0.39 is 0 Å². The summed E-state index contributed by atoms with van der Waals surface area (Å²) in [6.07, 6.45) is 1.73. The molecule has 1 aromatic heterocycles. The minimum absolute atomic E-state index is 0.576. The third kappa shape index (κ3) is 2.65. The summed E-state index contributed by atoms with van der Waals surface area (Å²) < 4.78 is 7.62. The Hall–Kier alpha value is -1.81. The lowest BCUT2D eigenvalue weighted by Crippen LogP contribution is -2.12. The summed E-state index contributed by atoms with van der Waals surface area (Å²) in [5, 5.41) is 4.23. The van der Waals surface area contributed by atoms with Gasteiger partial charge >= 0.3 is 0 Å². The van der Waals surface area contributed by atoms with Gasteiger partial charge in [0.25, 0.3) is 0 Å². The molecule has 0 aliphatic rings. The molecular weight excluding hydrogens is 214 g/mol. The Balaban J connectivity index is 2.16. The fourth-order valence-electron chi connectivity index (χ4n) is 1.61. The standard InChI is InChI=1S/C13H17N3O/c1-10-3-5-12(6-4-10)17-13-9-15-16(8-7-14)11(13)2/h3-6,9H,7-8,14H2,1-2H3. The van der Waals surface area contributed by atoms with Crippen molar-refractivity contribution in [2.75, 3.05) is 6.54 Å². The van der Waals surface area contributed by atoms with Gasteiger partial charge in [-0.25, -0.2) is 0 Å². The van der Waals surface area contributed by atoms with Gasteiger partial charge in [0, 0.05) is 6.54 Å². The smallest absolute Gasteiger partial charge is 0.168 e. The first-order valence-electron chi connectivity index (χ1n) is 5.67. The van der Waals surface area contributed by atoms with Crippen molar-refractivity contribution in [3.63, 3.8) is 0 Å². The molecule has 0 radical (unpaired) electrons. The van der Waals surface area contributed by atoms with Crippen molar-refractivity contribution in [2.24, 2.45) is 5.73 Å². The second kappa shape index (κ2) is 5.01. The zero-order valence-corrected chi connectivity index (χ0v) is 10.2. The van der Waals surface area contributed by atoms with E-state index in [0.29, 0.717) is 13.1 Å². The molecule has 2 aromatic rings. The SMILES string of the molecule is Cc1ccc(Oc2cnn(CCN)c2C)cc1. The molecule has 0 amide bonds. The van der Waals surface area contributed by atoms with Crippen LogP contribution in [0.3, 0.4) is 0 Å². The Kier molecular flexibility index (Phi) is 3.44. The van der Waals surface area contributed by atoms with Crippen LogP contribution in [0.4, 0.5) is 0 Å². The first kappa shape index (κ1) is 11.7. The van der Waals surface area contributed by atoms with Crippen LogP contribution in [0, 0.1) is 13.8 Å². The number of ether oxygens (including phenoxy) is 1. The molecule has 0 spiro atoms. The molecule has 4 nitrogen and oxygen atoms in total. The average molecular weight is 231 g/mol. The van der Waals surface area contributed by atoms with Crippen LogP contribution >= 0.6 is 0 Å². The van der Waals surface area contributed by atoms with Gasteiger partial charge in [-0.3, -0.25) is 4.68 Å². The monoisotopic (exact) mass is 231 g/mol. The van der Waals surface area contributed by atoms with Gasteiger partial charge in [0.2, 0.25) is 0 Å². The van der Waals surface area contributed by atoms with E-state index in [1.54, 1.807) is 6.20 Å². The number of aryl methyl sites for hydroxylation is 1. The van der Waals surface area contributed by atoms with Crippen molar-refractivity contribution >= 4 is 0 Å². The molecule has 0 aliphatic carbocycles. The number of aromatic nitrogens is 2. The second-order valence-corrected chi connectivity index (χ2v) is 4.02. The minimum atomic E-state index is 0.576. The lowest BCUT2D eigenvalue weighted by molar-refractivity contribution is 0.475. The molecule has 4 heteroatoms. The highest BCUT2D eigenvalue weighted by atomic mass is 16.5. The van der Waals surface area contributed by atoms with E-state index in [2.05, 4.69) is 5.10 Å². The molecule has 90 valence electrons. The maximum atomic E-state index is 5.77.